The zero-order chi connectivity index (χ0) is 22.7. The summed E-state index contributed by atoms with van der Waals surface area (Å²) in [6.07, 6.45) is 0. The van der Waals surface area contributed by atoms with Gasteiger partial charge < -0.3 is 9.47 Å². The van der Waals surface area contributed by atoms with E-state index in [1.54, 1.807) is 23.1 Å². The molecule has 2 aromatic carbocycles. The summed E-state index contributed by atoms with van der Waals surface area (Å²) >= 11 is 13.7. The van der Waals surface area contributed by atoms with Gasteiger partial charge >= 0.3 is 0 Å². The highest BCUT2D eigenvalue weighted by Gasteiger charge is 2.23. The number of ether oxygens (including phenoxy) is 2. The lowest BCUT2D eigenvalue weighted by Gasteiger charge is -2.29. The minimum atomic E-state index is -0.168. The third-order valence-electron chi connectivity index (χ3n) is 5.45. The van der Waals surface area contributed by atoms with Crippen LogP contribution in [-0.2, 0) is 9.53 Å². The third kappa shape index (κ3) is 5.35. The number of carbonyl (C=O) groups is 1. The number of nitrogens with zero attached hydrogens (tertiary/aromatic N) is 3. The molecule has 0 aliphatic carbocycles. The van der Waals surface area contributed by atoms with Crippen LogP contribution in [0.3, 0.4) is 0 Å². The average Bonchev–Trinajstić information content (AvgIpc) is 3.23. The molecule has 0 N–H and O–H groups in total. The molecule has 3 aromatic rings. The van der Waals surface area contributed by atoms with E-state index in [4.69, 9.17) is 37.7 Å². The van der Waals surface area contributed by atoms with Crippen molar-refractivity contribution in [3.8, 4) is 5.75 Å². The Labute approximate surface area is 201 Å². The van der Waals surface area contributed by atoms with Crippen LogP contribution >= 0.6 is 34.5 Å². The molecule has 0 bridgehead atoms. The van der Waals surface area contributed by atoms with Gasteiger partial charge in [-0.3, -0.25) is 14.6 Å². The number of aromatic nitrogens is 1. The first kappa shape index (κ1) is 23.3. The van der Waals surface area contributed by atoms with E-state index in [-0.39, 0.29) is 12.5 Å². The zero-order valence-corrected chi connectivity index (χ0v) is 20.4. The molecular weight excluding hydrogens is 469 g/mol. The van der Waals surface area contributed by atoms with E-state index in [0.29, 0.717) is 40.7 Å². The van der Waals surface area contributed by atoms with Crippen molar-refractivity contribution in [1.29, 1.82) is 0 Å². The topological polar surface area (TPSA) is 54.9 Å². The van der Waals surface area contributed by atoms with Crippen LogP contribution in [0.5, 0.6) is 5.75 Å². The quantitative estimate of drug-likeness (QED) is 0.465. The Morgan fingerprint density at radius 2 is 1.94 bits per heavy atom. The Morgan fingerprint density at radius 1 is 1.19 bits per heavy atom. The number of thiazole rings is 1. The van der Waals surface area contributed by atoms with Gasteiger partial charge in [-0.25, -0.2) is 4.98 Å². The smallest absolute Gasteiger partial charge is 0.266 e. The standard InChI is InChI=1S/C23H25Cl2N3O3S/c1-15-3-4-16(2)22-21(15)26-23(32-22)28(8-7-27-9-11-30-12-10-27)20(29)14-31-19-6-5-17(24)13-18(19)25/h3-6,13H,7-12,14H2,1-2H3. The van der Waals surface area contributed by atoms with E-state index < -0.39 is 0 Å². The van der Waals surface area contributed by atoms with Gasteiger partial charge in [0.1, 0.15) is 5.75 Å². The number of aryl methyl sites for hydroxylation is 2. The number of halogens is 2. The fourth-order valence-electron chi connectivity index (χ4n) is 3.57. The molecule has 6 nitrogen and oxygen atoms in total. The van der Waals surface area contributed by atoms with Gasteiger partial charge in [-0.05, 0) is 43.2 Å². The van der Waals surface area contributed by atoms with Crippen molar-refractivity contribution in [3.05, 3.63) is 51.5 Å². The second-order valence-corrected chi connectivity index (χ2v) is 9.56. The van der Waals surface area contributed by atoms with Gasteiger partial charge in [-0.15, -0.1) is 0 Å². The number of benzene rings is 2. The molecule has 0 radical (unpaired) electrons. The summed E-state index contributed by atoms with van der Waals surface area (Å²) in [7, 11) is 0. The summed E-state index contributed by atoms with van der Waals surface area (Å²) in [5.41, 5.74) is 3.19. The van der Waals surface area contributed by atoms with Crippen molar-refractivity contribution >= 4 is 55.8 Å². The van der Waals surface area contributed by atoms with Gasteiger partial charge in [0.2, 0.25) is 0 Å². The number of morpholine rings is 1. The molecule has 0 saturated carbocycles. The van der Waals surface area contributed by atoms with E-state index in [0.717, 1.165) is 41.0 Å². The molecule has 1 saturated heterocycles. The lowest BCUT2D eigenvalue weighted by Crippen LogP contribution is -2.44. The molecule has 170 valence electrons. The van der Waals surface area contributed by atoms with Crippen LogP contribution in [0.4, 0.5) is 5.13 Å². The summed E-state index contributed by atoms with van der Waals surface area (Å²) < 4.78 is 12.3. The highest BCUT2D eigenvalue weighted by Crippen LogP contribution is 2.33. The van der Waals surface area contributed by atoms with Crippen molar-refractivity contribution in [2.75, 3.05) is 50.9 Å². The molecule has 1 fully saturated rings. The fourth-order valence-corrected chi connectivity index (χ4v) is 5.18. The average molecular weight is 494 g/mol. The van der Waals surface area contributed by atoms with Gasteiger partial charge in [-0.2, -0.15) is 0 Å². The lowest BCUT2D eigenvalue weighted by molar-refractivity contribution is -0.120. The number of rotatable bonds is 7. The molecule has 1 aromatic heterocycles. The van der Waals surface area contributed by atoms with Crippen LogP contribution in [0.25, 0.3) is 10.2 Å². The number of hydrogen-bond acceptors (Lipinski definition) is 6. The first-order valence-corrected chi connectivity index (χ1v) is 12.0. The van der Waals surface area contributed by atoms with E-state index >= 15 is 0 Å². The molecule has 0 spiro atoms. The Bertz CT molecular complexity index is 1080. The van der Waals surface area contributed by atoms with Gasteiger partial charge in [0.15, 0.2) is 11.7 Å². The molecule has 1 aliphatic heterocycles. The zero-order valence-electron chi connectivity index (χ0n) is 18.1. The highest BCUT2D eigenvalue weighted by molar-refractivity contribution is 7.22. The lowest BCUT2D eigenvalue weighted by atomic mass is 10.1. The van der Waals surface area contributed by atoms with Crippen LogP contribution in [0.2, 0.25) is 10.0 Å². The minimum absolute atomic E-state index is 0.141. The SMILES string of the molecule is Cc1ccc(C)c2sc(N(CCN3CCOCC3)C(=O)COc3ccc(Cl)cc3Cl)nc12. The maximum absolute atomic E-state index is 13.3. The first-order valence-electron chi connectivity index (χ1n) is 10.5. The van der Waals surface area contributed by atoms with Gasteiger partial charge in [-0.1, -0.05) is 46.7 Å². The fraction of sp³-hybridized carbons (Fsp3) is 0.391. The number of carbonyl (C=O) groups excluding carboxylic acids is 1. The van der Waals surface area contributed by atoms with Crippen molar-refractivity contribution in [3.63, 3.8) is 0 Å². The predicted molar refractivity (Wildman–Crippen MR) is 131 cm³/mol. The molecule has 1 aliphatic rings. The van der Waals surface area contributed by atoms with Gasteiger partial charge in [0.25, 0.3) is 5.91 Å². The maximum Gasteiger partial charge on any atom is 0.266 e. The molecule has 32 heavy (non-hydrogen) atoms. The van der Waals surface area contributed by atoms with Crippen LogP contribution in [0, 0.1) is 13.8 Å². The van der Waals surface area contributed by atoms with Crippen molar-refractivity contribution in [1.82, 2.24) is 9.88 Å². The van der Waals surface area contributed by atoms with Crippen molar-refractivity contribution in [2.45, 2.75) is 13.8 Å². The normalized spacial score (nSPS) is 14.6. The molecule has 9 heteroatoms. The predicted octanol–water partition coefficient (Wildman–Crippen LogP) is 4.96. The largest absolute Gasteiger partial charge is 0.482 e. The van der Waals surface area contributed by atoms with Crippen LogP contribution in [-0.4, -0.2) is 61.8 Å². The van der Waals surface area contributed by atoms with Crippen LogP contribution in [0.1, 0.15) is 11.1 Å². The summed E-state index contributed by atoms with van der Waals surface area (Å²) in [5.74, 6) is 0.257. The molecule has 4 rings (SSSR count). The summed E-state index contributed by atoms with van der Waals surface area (Å²) in [6.45, 7) is 8.37. The second-order valence-electron chi connectivity index (χ2n) is 7.74. The monoisotopic (exact) mass is 493 g/mol. The summed E-state index contributed by atoms with van der Waals surface area (Å²) in [5, 5.41) is 1.57. The van der Waals surface area contributed by atoms with Crippen molar-refractivity contribution < 1.29 is 14.3 Å². The second kappa shape index (κ2) is 10.4. The van der Waals surface area contributed by atoms with E-state index in [1.165, 1.54) is 11.3 Å². The van der Waals surface area contributed by atoms with Gasteiger partial charge in [0, 0.05) is 31.2 Å². The Morgan fingerprint density at radius 3 is 2.66 bits per heavy atom. The summed E-state index contributed by atoms with van der Waals surface area (Å²) in [4.78, 5) is 22.1. The number of anilines is 1. The van der Waals surface area contributed by atoms with E-state index in [1.807, 2.05) is 6.92 Å². The number of fused-ring (bicyclic) bond motifs is 1. The third-order valence-corrected chi connectivity index (χ3v) is 7.20. The highest BCUT2D eigenvalue weighted by atomic mass is 35.5. The van der Waals surface area contributed by atoms with Crippen LogP contribution in [0.15, 0.2) is 30.3 Å². The van der Waals surface area contributed by atoms with Gasteiger partial charge in [0.05, 0.1) is 28.5 Å². The van der Waals surface area contributed by atoms with E-state index in [9.17, 15) is 4.79 Å². The Balaban J connectivity index is 1.55. The Hall–Kier alpha value is -1.90. The molecule has 1 amide bonds. The van der Waals surface area contributed by atoms with Crippen LogP contribution < -0.4 is 9.64 Å². The maximum atomic E-state index is 13.3. The van der Waals surface area contributed by atoms with Crippen molar-refractivity contribution in [2.24, 2.45) is 0 Å². The first-order chi connectivity index (χ1) is 15.4. The molecule has 0 atom stereocenters. The van der Waals surface area contributed by atoms with E-state index in [2.05, 4.69) is 24.0 Å². The molecular formula is C23H25Cl2N3O3S. The number of amides is 1. The summed E-state index contributed by atoms with van der Waals surface area (Å²) in [6, 6.07) is 9.10. The number of hydrogen-bond donors (Lipinski definition) is 0. The molecule has 2 heterocycles. The molecule has 0 unspecified atom stereocenters. The Kier molecular flexibility index (Phi) is 7.53. The minimum Gasteiger partial charge on any atom is -0.482 e.